The summed E-state index contributed by atoms with van der Waals surface area (Å²) in [6.07, 6.45) is -1.40. The third-order valence-corrected chi connectivity index (χ3v) is 10.3. The van der Waals surface area contributed by atoms with Crippen LogP contribution >= 0.6 is 11.6 Å². The Labute approximate surface area is 213 Å². The van der Waals surface area contributed by atoms with Crippen molar-refractivity contribution in [3.8, 4) is 0 Å². The van der Waals surface area contributed by atoms with Crippen LogP contribution in [0.3, 0.4) is 0 Å². The van der Waals surface area contributed by atoms with E-state index >= 15 is 0 Å². The highest BCUT2D eigenvalue weighted by Gasteiger charge is 2.59. The van der Waals surface area contributed by atoms with Crippen LogP contribution in [0.25, 0.3) is 0 Å². The first-order chi connectivity index (χ1) is 16.8. The quantitative estimate of drug-likeness (QED) is 0.441. The van der Waals surface area contributed by atoms with Crippen molar-refractivity contribution in [1.82, 2.24) is 0 Å². The fraction of sp³-hybridized carbons (Fsp3) is 0.480. The Kier molecular flexibility index (Phi) is 7.22. The number of rotatable bonds is 6. The van der Waals surface area contributed by atoms with E-state index in [1.165, 1.54) is 25.1 Å². The van der Waals surface area contributed by atoms with Gasteiger partial charge in [-0.15, -0.1) is 0 Å². The molecule has 2 bridgehead atoms. The first-order valence-electron chi connectivity index (χ1n) is 11.7. The van der Waals surface area contributed by atoms with E-state index in [9.17, 15) is 37.3 Å². The molecular weight excluding hydrogens is 516 g/mol. The number of nitrogens with one attached hydrogen (secondary N) is 1. The van der Waals surface area contributed by atoms with Crippen LogP contribution in [0.15, 0.2) is 35.2 Å². The predicted octanol–water partition coefficient (Wildman–Crippen LogP) is 3.61. The lowest BCUT2D eigenvalue weighted by atomic mass is 9.70. The summed E-state index contributed by atoms with van der Waals surface area (Å²) in [4.78, 5) is 12.6. The molecule has 0 radical (unpaired) electrons. The van der Waals surface area contributed by atoms with Gasteiger partial charge in [-0.1, -0.05) is 11.6 Å². The molecule has 0 aliphatic heterocycles. The van der Waals surface area contributed by atoms with E-state index in [2.05, 4.69) is 5.32 Å². The number of halogens is 3. The molecule has 196 valence electrons. The Morgan fingerprint density at radius 1 is 1.11 bits per heavy atom. The van der Waals surface area contributed by atoms with Crippen LogP contribution in [0, 0.1) is 30.4 Å². The Morgan fingerprint density at radius 2 is 1.72 bits per heavy atom. The van der Waals surface area contributed by atoms with Crippen LogP contribution in [0.4, 0.5) is 14.5 Å². The van der Waals surface area contributed by atoms with Crippen LogP contribution in [0.2, 0.25) is 5.02 Å². The van der Waals surface area contributed by atoms with E-state index in [0.717, 1.165) is 12.1 Å². The van der Waals surface area contributed by atoms with Gasteiger partial charge in [0.15, 0.2) is 21.5 Å². The third-order valence-electron chi connectivity index (χ3n) is 7.64. The van der Waals surface area contributed by atoms with Gasteiger partial charge in [-0.2, -0.15) is 0 Å². The minimum Gasteiger partial charge on any atom is -0.391 e. The summed E-state index contributed by atoms with van der Waals surface area (Å²) in [7, 11) is -4.05. The summed E-state index contributed by atoms with van der Waals surface area (Å²) in [5, 5.41) is 33.0. The molecule has 0 unspecified atom stereocenters. The zero-order valence-corrected chi connectivity index (χ0v) is 21.3. The molecule has 4 rings (SSSR count). The lowest BCUT2D eigenvalue weighted by Crippen LogP contribution is -2.58. The molecule has 2 aromatic rings. The largest absolute Gasteiger partial charge is 0.391 e. The van der Waals surface area contributed by atoms with Gasteiger partial charge in [-0.25, -0.2) is 17.2 Å². The first kappa shape index (κ1) is 26.9. The summed E-state index contributed by atoms with van der Waals surface area (Å²) in [5.41, 5.74) is -1.19. The lowest BCUT2D eigenvalue weighted by molar-refractivity contribution is -0.172. The maximum Gasteiger partial charge on any atom is 0.255 e. The van der Waals surface area contributed by atoms with E-state index < -0.39 is 62.3 Å². The molecule has 0 aromatic heterocycles. The molecule has 0 heterocycles. The minimum atomic E-state index is -4.05. The van der Waals surface area contributed by atoms with Crippen molar-refractivity contribution in [2.24, 2.45) is 11.8 Å². The second-order valence-corrected chi connectivity index (χ2v) is 12.5. The van der Waals surface area contributed by atoms with E-state index in [0.29, 0.717) is 18.4 Å². The Hall–Kier alpha value is -2.11. The lowest BCUT2D eigenvalue weighted by Gasteiger charge is -2.46. The summed E-state index contributed by atoms with van der Waals surface area (Å²) < 4.78 is 54.1. The molecule has 7 nitrogen and oxygen atoms in total. The maximum atomic E-state index is 13.7. The van der Waals surface area contributed by atoms with Crippen LogP contribution in [0.1, 0.15) is 48.5 Å². The third kappa shape index (κ3) is 4.54. The number of hydrogen-bond acceptors (Lipinski definition) is 6. The average molecular weight is 544 g/mol. The highest BCUT2D eigenvalue weighted by atomic mass is 35.5. The van der Waals surface area contributed by atoms with E-state index in [-0.39, 0.29) is 34.0 Å². The topological polar surface area (TPSA) is 124 Å². The monoisotopic (exact) mass is 543 g/mol. The molecule has 36 heavy (non-hydrogen) atoms. The van der Waals surface area contributed by atoms with Crippen LogP contribution < -0.4 is 5.32 Å². The number of amides is 1. The number of sulfone groups is 1. The van der Waals surface area contributed by atoms with Gasteiger partial charge < -0.3 is 20.6 Å². The smallest absolute Gasteiger partial charge is 0.255 e. The molecule has 4 N–H and O–H groups in total. The van der Waals surface area contributed by atoms with E-state index in [4.69, 9.17) is 11.6 Å². The van der Waals surface area contributed by atoms with Crippen LogP contribution in [-0.4, -0.2) is 52.7 Å². The van der Waals surface area contributed by atoms with Gasteiger partial charge >= 0.3 is 0 Å². The Morgan fingerprint density at radius 3 is 2.28 bits per heavy atom. The Bertz CT molecular complexity index is 1290. The molecule has 11 heteroatoms. The molecule has 2 aliphatic rings. The summed E-state index contributed by atoms with van der Waals surface area (Å²) >= 11 is 6.32. The fourth-order valence-corrected chi connectivity index (χ4v) is 8.22. The molecule has 0 saturated heterocycles. The van der Waals surface area contributed by atoms with Crippen molar-refractivity contribution in [3.05, 3.63) is 58.1 Å². The number of aliphatic hydroxyl groups excluding tert-OH is 2. The molecule has 2 aliphatic carbocycles. The van der Waals surface area contributed by atoms with Gasteiger partial charge in [0.1, 0.15) is 6.10 Å². The molecule has 2 saturated carbocycles. The average Bonchev–Trinajstić information content (AvgIpc) is 2.97. The number of hydrogen-bond donors (Lipinski definition) is 4. The number of aryl methyl sites for hydroxylation is 1. The van der Waals surface area contributed by atoms with E-state index in [1.807, 2.05) is 0 Å². The van der Waals surface area contributed by atoms with Gasteiger partial charge in [-0.3, -0.25) is 4.79 Å². The normalized spacial score (nSPS) is 27.5. The van der Waals surface area contributed by atoms with Crippen molar-refractivity contribution in [2.45, 2.75) is 67.5 Å². The SMILES string of the molecule is Cc1cc(Cl)c(S(=O)(=O)[C@H]2C[C@H]3CC[C@@H](C2)[C@@]3(O)[C@H](O)[C@H](C)O)cc1C(=O)Nc1ccc(F)c(F)c1. The molecular formula is C25H28ClF2NO6S. The number of carbonyl (C=O) groups excluding carboxylic acids is 1. The number of anilines is 1. The Balaban J connectivity index is 1.63. The van der Waals surface area contributed by atoms with Gasteiger partial charge in [0.2, 0.25) is 0 Å². The molecule has 6 atom stereocenters. The van der Waals surface area contributed by atoms with Crippen molar-refractivity contribution < 1.29 is 37.3 Å². The summed E-state index contributed by atoms with van der Waals surface area (Å²) in [6, 6.07) is 5.40. The standard InChI is InChI=1S/C25H28ClF2NO6S/c1-12-7-19(26)22(11-18(12)24(32)29-16-5-6-20(27)21(28)10-16)36(34,35)17-8-14-3-4-15(9-17)25(14,33)23(31)13(2)30/h5-7,10-11,13-15,17,23,30-31,33H,3-4,8-9H2,1-2H3,(H,29,32)/t13-,14-,15+,17+,23+,25-/m0/s1. The molecule has 0 spiro atoms. The fourth-order valence-electron chi connectivity index (χ4n) is 5.73. The number of benzene rings is 2. The van der Waals surface area contributed by atoms with Crippen LogP contribution in [0.5, 0.6) is 0 Å². The zero-order chi connectivity index (χ0) is 26.6. The predicted molar refractivity (Wildman–Crippen MR) is 130 cm³/mol. The highest BCUT2D eigenvalue weighted by Crippen LogP contribution is 2.54. The number of aliphatic hydroxyl groups is 3. The summed E-state index contributed by atoms with van der Waals surface area (Å²) in [6.45, 7) is 2.95. The molecule has 2 aromatic carbocycles. The zero-order valence-electron chi connectivity index (χ0n) is 19.7. The van der Waals surface area contributed by atoms with E-state index in [1.54, 1.807) is 6.92 Å². The van der Waals surface area contributed by atoms with Crippen molar-refractivity contribution in [1.29, 1.82) is 0 Å². The summed E-state index contributed by atoms with van der Waals surface area (Å²) in [5.74, 6) is -3.98. The molecule has 2 fully saturated rings. The molecule has 1 amide bonds. The second kappa shape index (κ2) is 9.64. The second-order valence-electron chi connectivity index (χ2n) is 9.86. The number of carbonyl (C=O) groups is 1. The number of fused-ring (bicyclic) bond motifs is 2. The maximum absolute atomic E-state index is 13.7. The van der Waals surface area contributed by atoms with Crippen molar-refractivity contribution in [2.75, 3.05) is 5.32 Å². The highest BCUT2D eigenvalue weighted by molar-refractivity contribution is 7.92. The van der Waals surface area contributed by atoms with Gasteiger partial charge in [0, 0.05) is 17.3 Å². The van der Waals surface area contributed by atoms with Crippen molar-refractivity contribution in [3.63, 3.8) is 0 Å². The van der Waals surface area contributed by atoms with Crippen LogP contribution in [-0.2, 0) is 9.84 Å². The first-order valence-corrected chi connectivity index (χ1v) is 13.6. The van der Waals surface area contributed by atoms with Gasteiger partial charge in [0.05, 0.1) is 26.9 Å². The van der Waals surface area contributed by atoms with Crippen molar-refractivity contribution >= 4 is 33.0 Å². The van der Waals surface area contributed by atoms with Gasteiger partial charge in [0.25, 0.3) is 5.91 Å². The minimum absolute atomic E-state index is 0.00234. The van der Waals surface area contributed by atoms with Gasteiger partial charge in [-0.05, 0) is 81.2 Å².